The molecule has 0 saturated heterocycles. The molecule has 1 amide bonds. The van der Waals surface area contributed by atoms with Gasteiger partial charge >= 0.3 is 5.97 Å². The Balaban J connectivity index is 2.17. The summed E-state index contributed by atoms with van der Waals surface area (Å²) in [6.07, 6.45) is 3.93. The number of carbonyl (C=O) groups excluding carboxylic acids is 1. The molecule has 2 rings (SSSR count). The van der Waals surface area contributed by atoms with Gasteiger partial charge in [0.1, 0.15) is 0 Å². The summed E-state index contributed by atoms with van der Waals surface area (Å²) < 4.78 is 0.505. The number of nitrogens with one attached hydrogen (secondary N) is 1. The van der Waals surface area contributed by atoms with Crippen LogP contribution in [0.5, 0.6) is 0 Å². The summed E-state index contributed by atoms with van der Waals surface area (Å²) in [7, 11) is 0. The van der Waals surface area contributed by atoms with E-state index in [1.54, 1.807) is 12.1 Å². The van der Waals surface area contributed by atoms with E-state index in [0.717, 1.165) is 25.7 Å². The first-order valence-electron chi connectivity index (χ1n) is 6.27. The molecule has 1 aromatic carbocycles. The van der Waals surface area contributed by atoms with E-state index in [0.29, 0.717) is 10.2 Å². The minimum absolute atomic E-state index is 0.0244. The summed E-state index contributed by atoms with van der Waals surface area (Å²) in [5.74, 6) is -1.04. The predicted molar refractivity (Wildman–Crippen MR) is 76.3 cm³/mol. The fraction of sp³-hybridized carbons (Fsp3) is 0.429. The number of anilines is 1. The summed E-state index contributed by atoms with van der Waals surface area (Å²) in [6, 6.07) is 4.81. The van der Waals surface area contributed by atoms with Crippen molar-refractivity contribution in [1.29, 1.82) is 0 Å². The van der Waals surface area contributed by atoms with E-state index in [4.69, 9.17) is 5.11 Å². The van der Waals surface area contributed by atoms with Gasteiger partial charge in [0.25, 0.3) is 0 Å². The van der Waals surface area contributed by atoms with Gasteiger partial charge in [0.2, 0.25) is 5.91 Å². The SMILES string of the molecule is CC1(C(=O)Nc2ccc(Br)c(C(=O)O)c2)CCCC1. The third kappa shape index (κ3) is 2.97. The first-order valence-corrected chi connectivity index (χ1v) is 7.06. The van der Waals surface area contributed by atoms with Crippen molar-refractivity contribution in [3.63, 3.8) is 0 Å². The molecule has 0 aliphatic heterocycles. The molecule has 1 aliphatic carbocycles. The van der Waals surface area contributed by atoms with E-state index in [1.165, 1.54) is 6.07 Å². The number of halogens is 1. The molecule has 1 fully saturated rings. The predicted octanol–water partition coefficient (Wildman–Crippen LogP) is 3.67. The summed E-state index contributed by atoms with van der Waals surface area (Å²) in [6.45, 7) is 1.96. The van der Waals surface area contributed by atoms with Crippen LogP contribution in [0.4, 0.5) is 5.69 Å². The van der Waals surface area contributed by atoms with E-state index < -0.39 is 5.97 Å². The van der Waals surface area contributed by atoms with Crippen molar-refractivity contribution >= 4 is 33.5 Å². The monoisotopic (exact) mass is 325 g/mol. The highest BCUT2D eigenvalue weighted by atomic mass is 79.9. The number of amides is 1. The number of hydrogen-bond acceptors (Lipinski definition) is 2. The smallest absolute Gasteiger partial charge is 0.336 e. The highest BCUT2D eigenvalue weighted by Gasteiger charge is 2.36. The van der Waals surface area contributed by atoms with Gasteiger partial charge in [-0.1, -0.05) is 19.8 Å². The second-order valence-electron chi connectivity index (χ2n) is 5.22. The van der Waals surface area contributed by atoms with Crippen molar-refractivity contribution in [3.8, 4) is 0 Å². The van der Waals surface area contributed by atoms with Gasteiger partial charge in [-0.2, -0.15) is 0 Å². The van der Waals surface area contributed by atoms with Crippen molar-refractivity contribution in [2.75, 3.05) is 5.32 Å². The average Bonchev–Trinajstić information content (AvgIpc) is 2.79. The van der Waals surface area contributed by atoms with Crippen LogP contribution in [0.25, 0.3) is 0 Å². The van der Waals surface area contributed by atoms with Crippen LogP contribution in [0.1, 0.15) is 43.0 Å². The zero-order valence-corrected chi connectivity index (χ0v) is 12.3. The fourth-order valence-electron chi connectivity index (χ4n) is 2.43. The van der Waals surface area contributed by atoms with Gasteiger partial charge in [-0.3, -0.25) is 4.79 Å². The number of carboxylic acid groups (broad SMARTS) is 1. The number of rotatable bonds is 3. The normalized spacial score (nSPS) is 17.2. The number of carbonyl (C=O) groups is 2. The van der Waals surface area contributed by atoms with Gasteiger partial charge in [0.15, 0.2) is 0 Å². The van der Waals surface area contributed by atoms with Crippen LogP contribution in [0, 0.1) is 5.41 Å². The second kappa shape index (κ2) is 5.33. The lowest BCUT2D eigenvalue weighted by Gasteiger charge is -2.22. The van der Waals surface area contributed by atoms with E-state index in [2.05, 4.69) is 21.2 Å². The van der Waals surface area contributed by atoms with Crippen LogP contribution in [0.2, 0.25) is 0 Å². The van der Waals surface area contributed by atoms with Crippen molar-refractivity contribution < 1.29 is 14.7 Å². The van der Waals surface area contributed by atoms with E-state index in [-0.39, 0.29) is 16.9 Å². The number of benzene rings is 1. The number of carboxylic acids is 1. The van der Waals surface area contributed by atoms with Crippen LogP contribution in [-0.4, -0.2) is 17.0 Å². The molecule has 0 atom stereocenters. The molecule has 102 valence electrons. The Labute approximate surface area is 120 Å². The lowest BCUT2D eigenvalue weighted by molar-refractivity contribution is -0.124. The molecule has 19 heavy (non-hydrogen) atoms. The van der Waals surface area contributed by atoms with Crippen molar-refractivity contribution in [2.24, 2.45) is 5.41 Å². The van der Waals surface area contributed by atoms with E-state index >= 15 is 0 Å². The van der Waals surface area contributed by atoms with Crippen LogP contribution in [0.3, 0.4) is 0 Å². The first kappa shape index (κ1) is 14.1. The molecule has 1 aromatic rings. The molecule has 2 N–H and O–H groups in total. The minimum Gasteiger partial charge on any atom is -0.478 e. The Morgan fingerprint density at radius 2 is 1.95 bits per heavy atom. The molecule has 1 saturated carbocycles. The molecule has 4 nitrogen and oxygen atoms in total. The minimum atomic E-state index is -1.02. The van der Waals surface area contributed by atoms with E-state index in [9.17, 15) is 9.59 Å². The van der Waals surface area contributed by atoms with Gasteiger partial charge in [-0.05, 0) is 47.0 Å². The van der Waals surface area contributed by atoms with Crippen molar-refractivity contribution in [2.45, 2.75) is 32.6 Å². The van der Waals surface area contributed by atoms with Crippen LogP contribution in [0.15, 0.2) is 22.7 Å². The highest BCUT2D eigenvalue weighted by Crippen LogP contribution is 2.38. The van der Waals surface area contributed by atoms with Crippen LogP contribution < -0.4 is 5.32 Å². The first-order chi connectivity index (χ1) is 8.92. The number of aromatic carboxylic acids is 1. The lowest BCUT2D eigenvalue weighted by Crippen LogP contribution is -2.30. The van der Waals surface area contributed by atoms with Crippen molar-refractivity contribution in [3.05, 3.63) is 28.2 Å². The third-order valence-corrected chi connectivity index (χ3v) is 4.40. The van der Waals surface area contributed by atoms with Gasteiger partial charge in [-0.25, -0.2) is 4.79 Å². The van der Waals surface area contributed by atoms with Crippen molar-refractivity contribution in [1.82, 2.24) is 0 Å². The maximum atomic E-state index is 12.2. The highest BCUT2D eigenvalue weighted by molar-refractivity contribution is 9.10. The Morgan fingerprint density at radius 3 is 2.53 bits per heavy atom. The molecule has 1 aliphatic rings. The fourth-order valence-corrected chi connectivity index (χ4v) is 2.85. The maximum Gasteiger partial charge on any atom is 0.336 e. The van der Waals surface area contributed by atoms with E-state index in [1.807, 2.05) is 6.92 Å². The molecule has 5 heteroatoms. The maximum absolute atomic E-state index is 12.2. The summed E-state index contributed by atoms with van der Waals surface area (Å²) in [5.41, 5.74) is 0.351. The van der Waals surface area contributed by atoms with Gasteiger partial charge in [0.05, 0.1) is 5.56 Å². The Kier molecular flexibility index (Phi) is 3.94. The molecule has 0 aromatic heterocycles. The second-order valence-corrected chi connectivity index (χ2v) is 6.08. The molecule has 0 spiro atoms. The molecule has 0 bridgehead atoms. The Bertz CT molecular complexity index is 521. The standard InChI is InChI=1S/C14H16BrNO3/c1-14(6-2-3-7-14)13(19)16-9-4-5-11(15)10(8-9)12(17)18/h4-5,8H,2-3,6-7H2,1H3,(H,16,19)(H,17,18). The van der Waals surface area contributed by atoms with Gasteiger partial charge in [-0.15, -0.1) is 0 Å². The number of hydrogen-bond donors (Lipinski definition) is 2. The largest absolute Gasteiger partial charge is 0.478 e. The zero-order valence-electron chi connectivity index (χ0n) is 10.7. The average molecular weight is 326 g/mol. The zero-order chi connectivity index (χ0) is 14.0. The van der Waals surface area contributed by atoms with Crippen LogP contribution in [-0.2, 0) is 4.79 Å². The Hall–Kier alpha value is -1.36. The molecular weight excluding hydrogens is 310 g/mol. The quantitative estimate of drug-likeness (QED) is 0.891. The van der Waals surface area contributed by atoms with Gasteiger partial charge < -0.3 is 10.4 Å². The van der Waals surface area contributed by atoms with Crippen LogP contribution >= 0.6 is 15.9 Å². The third-order valence-electron chi connectivity index (χ3n) is 3.71. The molecular formula is C14H16BrNO3. The van der Waals surface area contributed by atoms with Gasteiger partial charge in [0, 0.05) is 15.6 Å². The molecule has 0 heterocycles. The molecule has 0 radical (unpaired) electrons. The molecule has 0 unspecified atom stereocenters. The topological polar surface area (TPSA) is 66.4 Å². The lowest BCUT2D eigenvalue weighted by atomic mass is 9.88. The summed E-state index contributed by atoms with van der Waals surface area (Å²) >= 11 is 3.18. The summed E-state index contributed by atoms with van der Waals surface area (Å²) in [4.78, 5) is 23.3. The summed E-state index contributed by atoms with van der Waals surface area (Å²) in [5, 5.41) is 11.9. The Morgan fingerprint density at radius 1 is 1.32 bits per heavy atom.